The summed E-state index contributed by atoms with van der Waals surface area (Å²) in [6.07, 6.45) is 12.1. The molecule has 0 fully saturated rings. The number of aliphatic carboxylic acids is 4. The zero-order valence-electron chi connectivity index (χ0n) is 54.4. The van der Waals surface area contributed by atoms with Crippen LogP contribution in [0.3, 0.4) is 0 Å². The largest absolute Gasteiger partial charge is 0.481 e. The van der Waals surface area contributed by atoms with E-state index >= 15 is 0 Å². The summed E-state index contributed by atoms with van der Waals surface area (Å²) in [6.45, 7) is 7.92. The second kappa shape index (κ2) is 57.2. The van der Waals surface area contributed by atoms with Gasteiger partial charge in [0.2, 0.25) is 41.4 Å². The Balaban J connectivity index is 3.99. The summed E-state index contributed by atoms with van der Waals surface area (Å²) >= 11 is 0. The lowest BCUT2D eigenvalue weighted by molar-refractivity contribution is -0.144. The third-order valence-corrected chi connectivity index (χ3v) is 13.5. The maximum atomic E-state index is 12.6. The second-order valence-corrected chi connectivity index (χ2v) is 22.6. The van der Waals surface area contributed by atoms with Gasteiger partial charge in [-0.15, -0.1) is 0 Å². The molecule has 31 heteroatoms. The first kappa shape index (κ1) is 85.5. The number of amides is 7. The zero-order valence-corrected chi connectivity index (χ0v) is 54.4. The van der Waals surface area contributed by atoms with Crippen molar-refractivity contribution in [2.45, 2.75) is 180 Å². The Morgan fingerprint density at radius 1 is 0.293 bits per heavy atom. The molecule has 0 unspecified atom stereocenters. The molecule has 0 aromatic carbocycles. The Bertz CT molecular complexity index is 2120. The highest BCUT2D eigenvalue weighted by atomic mass is 16.5. The molecule has 0 aliphatic carbocycles. The predicted molar refractivity (Wildman–Crippen MR) is 331 cm³/mol. The van der Waals surface area contributed by atoms with E-state index in [0.29, 0.717) is 19.6 Å². The Morgan fingerprint density at radius 3 is 0.837 bits per heavy atom. The lowest BCUT2D eigenvalue weighted by atomic mass is 9.91. The van der Waals surface area contributed by atoms with E-state index in [9.17, 15) is 72.9 Å². The van der Waals surface area contributed by atoms with E-state index in [1.165, 1.54) is 12.8 Å². The van der Waals surface area contributed by atoms with Crippen LogP contribution in [-0.4, -0.2) is 241 Å². The van der Waals surface area contributed by atoms with Crippen molar-refractivity contribution in [3.05, 3.63) is 0 Å². The molecule has 92 heavy (non-hydrogen) atoms. The molecule has 0 aromatic rings. The minimum Gasteiger partial charge on any atom is -0.481 e. The van der Waals surface area contributed by atoms with Crippen LogP contribution in [-0.2, 0) is 95.4 Å². The number of carboxylic acid groups (broad SMARTS) is 4. The van der Waals surface area contributed by atoms with Gasteiger partial charge >= 0.3 is 23.9 Å². The number of ether oxygens (including phenoxy) is 8. The van der Waals surface area contributed by atoms with Crippen molar-refractivity contribution in [1.29, 1.82) is 0 Å². The molecular formula is C61H107N7O24. The Hall–Kier alpha value is -6.48. The molecule has 0 aliphatic heterocycles. The molecule has 0 spiro atoms. The average Bonchev–Trinajstić information content (AvgIpc) is 3.35. The summed E-state index contributed by atoms with van der Waals surface area (Å²) in [5.74, 6) is -8.82. The number of rotatable bonds is 64. The third kappa shape index (κ3) is 55.2. The summed E-state index contributed by atoms with van der Waals surface area (Å²) in [6, 6.07) is -4.47. The minimum atomic E-state index is -1.58. The van der Waals surface area contributed by atoms with Crippen LogP contribution in [0.25, 0.3) is 0 Å². The van der Waals surface area contributed by atoms with Gasteiger partial charge in [-0.3, -0.25) is 43.2 Å². The van der Waals surface area contributed by atoms with Gasteiger partial charge in [0, 0.05) is 63.7 Å². The lowest BCUT2D eigenvalue weighted by Gasteiger charge is -2.18. The van der Waals surface area contributed by atoms with Crippen molar-refractivity contribution in [3.63, 3.8) is 0 Å². The molecule has 0 rings (SSSR count). The molecule has 0 saturated carbocycles. The SMILES string of the molecule is CC(C)(C)C(=O)COCCOCCNC(=O)COCCOCCNC(=O)COCCOCCNC(=O)COCCOCCNC(=O)CC[C@H](NC(=O)CC[C@H](NC(=O)CC[C@H](NC(=O)CCCCCCCCCCCCCCCCC(=O)O)C(=O)O)C(=O)O)C(=O)O. The molecule has 530 valence electrons. The number of carboxylic acids is 4. The quantitative estimate of drug-likeness (QED) is 0.0385. The van der Waals surface area contributed by atoms with Crippen molar-refractivity contribution in [2.75, 3.05) is 132 Å². The molecule has 0 aliphatic rings. The number of carbonyl (C=O) groups excluding carboxylic acids is 8. The van der Waals surface area contributed by atoms with Crippen LogP contribution >= 0.6 is 0 Å². The van der Waals surface area contributed by atoms with E-state index in [-0.39, 0.29) is 168 Å². The zero-order chi connectivity index (χ0) is 68.5. The van der Waals surface area contributed by atoms with Gasteiger partial charge in [0.05, 0.1) is 79.3 Å². The van der Waals surface area contributed by atoms with Crippen LogP contribution in [0, 0.1) is 5.41 Å². The fourth-order valence-corrected chi connectivity index (χ4v) is 8.13. The first-order valence-electron chi connectivity index (χ1n) is 32.0. The second-order valence-electron chi connectivity index (χ2n) is 22.6. The first-order valence-corrected chi connectivity index (χ1v) is 32.0. The van der Waals surface area contributed by atoms with E-state index in [1.54, 1.807) is 0 Å². The van der Waals surface area contributed by atoms with Gasteiger partial charge in [-0.1, -0.05) is 97.8 Å². The molecule has 0 saturated heterocycles. The van der Waals surface area contributed by atoms with E-state index in [1.807, 2.05) is 20.8 Å². The number of hydrogen-bond donors (Lipinski definition) is 11. The number of carbonyl (C=O) groups is 12. The average molecular weight is 1320 g/mol. The standard InChI is InChI=1S/C61H107N7O24/c1-61(2,3)49(69)42-89-38-34-86-31-27-63-54(74)44-91-40-36-88-33-29-65-56(76)45-92-41-37-87-32-28-64-55(75)43-90-39-35-85-30-26-62-50(70)23-20-46(58(79)80)67-52(72)25-22-48(60(83)84)68-53(73)24-21-47(59(81)82)66-51(71)18-16-14-12-10-8-6-4-5-7-9-11-13-15-17-19-57(77)78/h46-48H,4-45H2,1-3H3,(H,62,70)(H,63,74)(H,64,75)(H,65,76)(H,66,71)(H,67,72)(H,68,73)(H,77,78)(H,79,80)(H,81,82)(H,83,84)/t46-,47-,48-/m0/s1. The first-order chi connectivity index (χ1) is 44.0. The Labute approximate surface area is 540 Å². The highest BCUT2D eigenvalue weighted by Crippen LogP contribution is 2.16. The minimum absolute atomic E-state index is 0.00741. The number of hydrogen-bond acceptors (Lipinski definition) is 20. The van der Waals surface area contributed by atoms with Gasteiger partial charge in [0.15, 0.2) is 5.78 Å². The van der Waals surface area contributed by atoms with Crippen LogP contribution in [0.15, 0.2) is 0 Å². The maximum Gasteiger partial charge on any atom is 0.326 e. The maximum absolute atomic E-state index is 12.6. The molecule has 3 atom stereocenters. The van der Waals surface area contributed by atoms with Crippen molar-refractivity contribution < 1.29 is 116 Å². The third-order valence-electron chi connectivity index (χ3n) is 13.5. The fraction of sp³-hybridized carbons (Fsp3) is 0.803. The predicted octanol–water partition coefficient (Wildman–Crippen LogP) is 1.57. The van der Waals surface area contributed by atoms with Crippen molar-refractivity contribution in [3.8, 4) is 0 Å². The molecule has 0 radical (unpaired) electrons. The van der Waals surface area contributed by atoms with Crippen molar-refractivity contribution in [2.24, 2.45) is 5.41 Å². The van der Waals surface area contributed by atoms with E-state index in [4.69, 9.17) is 43.0 Å². The number of nitrogens with one attached hydrogen (secondary N) is 7. The van der Waals surface area contributed by atoms with Gasteiger partial charge in [0.25, 0.3) is 0 Å². The van der Waals surface area contributed by atoms with Crippen LogP contribution < -0.4 is 37.2 Å². The summed E-state index contributed by atoms with van der Waals surface area (Å²) in [4.78, 5) is 144. The van der Waals surface area contributed by atoms with Crippen LogP contribution in [0.1, 0.15) is 162 Å². The van der Waals surface area contributed by atoms with Gasteiger partial charge in [-0.2, -0.15) is 0 Å². The monoisotopic (exact) mass is 1320 g/mol. The van der Waals surface area contributed by atoms with Gasteiger partial charge in [-0.25, -0.2) is 14.4 Å². The summed E-state index contributed by atoms with van der Waals surface area (Å²) < 4.78 is 42.6. The Morgan fingerprint density at radius 2 is 0.543 bits per heavy atom. The number of ketones is 1. The molecule has 7 amide bonds. The molecular weight excluding hydrogens is 1210 g/mol. The Kier molecular flexibility index (Phi) is 53.2. The smallest absolute Gasteiger partial charge is 0.326 e. The van der Waals surface area contributed by atoms with Crippen LogP contribution in [0.2, 0.25) is 0 Å². The highest BCUT2D eigenvalue weighted by Gasteiger charge is 2.27. The molecule has 0 bridgehead atoms. The summed E-state index contributed by atoms with van der Waals surface area (Å²) in [7, 11) is 0. The van der Waals surface area contributed by atoms with Crippen molar-refractivity contribution >= 4 is 71.0 Å². The number of Topliss-reactive ketones (excluding diaryl/α,β-unsaturated/α-hetero) is 1. The van der Waals surface area contributed by atoms with Crippen molar-refractivity contribution in [1.82, 2.24) is 37.2 Å². The topological polar surface area (TPSA) is 444 Å². The lowest BCUT2D eigenvalue weighted by Crippen LogP contribution is -2.45. The van der Waals surface area contributed by atoms with Gasteiger partial charge in [0.1, 0.15) is 44.6 Å². The molecule has 11 N–H and O–H groups in total. The van der Waals surface area contributed by atoms with Gasteiger partial charge < -0.3 is 95.5 Å². The van der Waals surface area contributed by atoms with Gasteiger partial charge in [-0.05, 0) is 32.1 Å². The molecule has 0 aromatic heterocycles. The summed E-state index contributed by atoms with van der Waals surface area (Å²) in [5.41, 5.74) is -0.453. The number of unbranched alkanes of at least 4 members (excludes halogenated alkanes) is 13. The molecule has 31 nitrogen and oxygen atoms in total. The van der Waals surface area contributed by atoms with E-state index < -0.39 is 96.2 Å². The normalized spacial score (nSPS) is 12.2. The van der Waals surface area contributed by atoms with E-state index in [2.05, 4.69) is 37.2 Å². The van der Waals surface area contributed by atoms with Crippen LogP contribution in [0.5, 0.6) is 0 Å². The van der Waals surface area contributed by atoms with Crippen LogP contribution in [0.4, 0.5) is 0 Å². The fourth-order valence-electron chi connectivity index (χ4n) is 8.13. The van der Waals surface area contributed by atoms with E-state index in [0.717, 1.165) is 70.6 Å². The molecule has 0 heterocycles. The summed E-state index contributed by atoms with van der Waals surface area (Å²) in [5, 5.41) is 55.0. The highest BCUT2D eigenvalue weighted by molar-refractivity contribution is 5.88.